The van der Waals surface area contributed by atoms with Gasteiger partial charge in [0.15, 0.2) is 5.82 Å². The number of para-hydroxylation sites is 2. The normalized spacial score (nSPS) is 16.9. The molecule has 3 aliphatic rings. The summed E-state index contributed by atoms with van der Waals surface area (Å²) < 4.78 is 2.42. The molecule has 54 heavy (non-hydrogen) atoms. The van der Waals surface area contributed by atoms with Crippen LogP contribution in [0.4, 0.5) is 0 Å². The van der Waals surface area contributed by atoms with Gasteiger partial charge in [0.05, 0.1) is 22.4 Å². The number of fused-ring (bicyclic) bond motifs is 7. The maximum Gasteiger partial charge on any atom is 0.160 e. The lowest BCUT2D eigenvalue weighted by atomic mass is 9.80. The molecule has 2 unspecified atom stereocenters. The van der Waals surface area contributed by atoms with E-state index in [0.29, 0.717) is 11.8 Å². The van der Waals surface area contributed by atoms with Crippen molar-refractivity contribution in [2.45, 2.75) is 6.42 Å². The predicted molar refractivity (Wildman–Crippen MR) is 224 cm³/mol. The first kappa shape index (κ1) is 30.8. The molecule has 3 nitrogen and oxygen atoms in total. The van der Waals surface area contributed by atoms with Gasteiger partial charge < -0.3 is 4.57 Å². The quantitative estimate of drug-likeness (QED) is 0.180. The van der Waals surface area contributed by atoms with Crippen LogP contribution < -0.4 is 0 Å². The first-order valence-corrected chi connectivity index (χ1v) is 18.8. The van der Waals surface area contributed by atoms with Crippen LogP contribution in [0.1, 0.15) is 16.7 Å². The van der Waals surface area contributed by atoms with Gasteiger partial charge in [0, 0.05) is 57.0 Å². The van der Waals surface area contributed by atoms with E-state index in [1.54, 1.807) is 0 Å². The molecule has 0 N–H and O–H groups in total. The van der Waals surface area contributed by atoms with Crippen molar-refractivity contribution in [3.05, 3.63) is 205 Å². The van der Waals surface area contributed by atoms with Crippen molar-refractivity contribution in [2.24, 2.45) is 11.8 Å². The number of nitrogens with zero attached hydrogens (tertiary/aromatic N) is 3. The average molecular weight is 690 g/mol. The smallest absolute Gasteiger partial charge is 0.160 e. The van der Waals surface area contributed by atoms with Gasteiger partial charge >= 0.3 is 0 Å². The molecule has 0 aliphatic heterocycles. The van der Waals surface area contributed by atoms with Crippen LogP contribution in [0.2, 0.25) is 0 Å². The van der Waals surface area contributed by atoms with E-state index >= 15 is 0 Å². The van der Waals surface area contributed by atoms with Crippen molar-refractivity contribution in [1.82, 2.24) is 14.5 Å². The molecule has 254 valence electrons. The minimum atomic E-state index is 0.299. The van der Waals surface area contributed by atoms with E-state index in [9.17, 15) is 0 Å². The molecule has 0 fully saturated rings. The zero-order valence-corrected chi connectivity index (χ0v) is 29.6. The molecule has 11 rings (SSSR count). The molecule has 6 aromatic carbocycles. The van der Waals surface area contributed by atoms with Crippen molar-refractivity contribution in [2.75, 3.05) is 0 Å². The predicted octanol–water partition coefficient (Wildman–Crippen LogP) is 12.5. The van der Waals surface area contributed by atoms with E-state index < -0.39 is 0 Å². The van der Waals surface area contributed by atoms with Crippen molar-refractivity contribution < 1.29 is 0 Å². The molecule has 0 saturated heterocycles. The third kappa shape index (κ3) is 5.04. The lowest BCUT2D eigenvalue weighted by molar-refractivity contribution is 0.662. The van der Waals surface area contributed by atoms with Crippen LogP contribution in [0.3, 0.4) is 0 Å². The van der Waals surface area contributed by atoms with Gasteiger partial charge in [-0.25, -0.2) is 9.97 Å². The average Bonchev–Trinajstić information content (AvgIpc) is 3.79. The van der Waals surface area contributed by atoms with Crippen LogP contribution in [0, 0.1) is 11.8 Å². The summed E-state index contributed by atoms with van der Waals surface area (Å²) in [5.41, 5.74) is 16.5. The van der Waals surface area contributed by atoms with Gasteiger partial charge in [-0.3, -0.25) is 0 Å². The molecule has 0 saturated carbocycles. The van der Waals surface area contributed by atoms with Crippen LogP contribution in [-0.2, 0) is 6.42 Å². The third-order valence-corrected chi connectivity index (χ3v) is 11.3. The van der Waals surface area contributed by atoms with E-state index in [1.807, 2.05) is 6.07 Å². The van der Waals surface area contributed by atoms with Gasteiger partial charge in [0.1, 0.15) is 0 Å². The van der Waals surface area contributed by atoms with E-state index in [4.69, 9.17) is 9.97 Å². The van der Waals surface area contributed by atoms with Crippen molar-refractivity contribution in [1.29, 1.82) is 0 Å². The second kappa shape index (κ2) is 12.4. The Labute approximate surface area is 314 Å². The summed E-state index contributed by atoms with van der Waals surface area (Å²) in [7, 11) is 0. The summed E-state index contributed by atoms with van der Waals surface area (Å²) in [4.78, 5) is 10.5. The zero-order chi connectivity index (χ0) is 35.6. The molecule has 0 amide bonds. The Morgan fingerprint density at radius 3 is 1.89 bits per heavy atom. The topological polar surface area (TPSA) is 30.7 Å². The lowest BCUT2D eigenvalue weighted by Crippen LogP contribution is -2.14. The van der Waals surface area contributed by atoms with Crippen LogP contribution in [0.5, 0.6) is 0 Å². The molecule has 8 aromatic rings. The zero-order valence-electron chi connectivity index (χ0n) is 29.6. The minimum Gasteiger partial charge on any atom is -0.310 e. The molecule has 3 heteroatoms. The fourth-order valence-corrected chi connectivity index (χ4v) is 8.72. The van der Waals surface area contributed by atoms with Gasteiger partial charge in [-0.2, -0.15) is 0 Å². The van der Waals surface area contributed by atoms with E-state index in [-0.39, 0.29) is 0 Å². The molecule has 0 radical (unpaired) electrons. The Balaban J connectivity index is 0.939. The highest BCUT2D eigenvalue weighted by atomic mass is 15.0. The van der Waals surface area contributed by atoms with Gasteiger partial charge in [-0.1, -0.05) is 164 Å². The molecule has 0 bridgehead atoms. The van der Waals surface area contributed by atoms with Crippen LogP contribution >= 0.6 is 0 Å². The first-order chi connectivity index (χ1) is 26.7. The number of hydrogen-bond acceptors (Lipinski definition) is 2. The van der Waals surface area contributed by atoms with Gasteiger partial charge in [0.2, 0.25) is 0 Å². The number of aromatic nitrogens is 3. The lowest BCUT2D eigenvalue weighted by Gasteiger charge is -2.26. The highest BCUT2D eigenvalue weighted by molar-refractivity contribution is 6.10. The van der Waals surface area contributed by atoms with Gasteiger partial charge in [0.25, 0.3) is 0 Å². The SMILES string of the molecule is C1=CC2C=C(n3c4ccccc4c4ccccc43)C=CC2C=C1c1ccc2c(c1)Cc1c(-c3cccc(-c4ccccc4)c3)nc(-c3ccccc3)nc1-2. The highest BCUT2D eigenvalue weighted by Gasteiger charge is 2.28. The summed E-state index contributed by atoms with van der Waals surface area (Å²) in [6.45, 7) is 0. The molecule has 0 spiro atoms. The van der Waals surface area contributed by atoms with Crippen molar-refractivity contribution >= 4 is 33.1 Å². The molecular weight excluding hydrogens is 655 g/mol. The Kier molecular flexibility index (Phi) is 7.06. The molecule has 3 aliphatic carbocycles. The number of rotatable bonds is 5. The Bertz CT molecular complexity index is 2850. The minimum absolute atomic E-state index is 0.299. The second-order valence-corrected chi connectivity index (χ2v) is 14.5. The fourth-order valence-electron chi connectivity index (χ4n) is 8.72. The van der Waals surface area contributed by atoms with E-state index in [1.165, 1.54) is 66.5 Å². The summed E-state index contributed by atoms with van der Waals surface area (Å²) >= 11 is 0. The van der Waals surface area contributed by atoms with Crippen LogP contribution in [0.25, 0.3) is 78.1 Å². The Morgan fingerprint density at radius 2 is 1.11 bits per heavy atom. The second-order valence-electron chi connectivity index (χ2n) is 14.5. The molecule has 2 aromatic heterocycles. The van der Waals surface area contributed by atoms with E-state index in [0.717, 1.165) is 34.8 Å². The Morgan fingerprint density at radius 1 is 0.481 bits per heavy atom. The third-order valence-electron chi connectivity index (χ3n) is 11.3. The van der Waals surface area contributed by atoms with Gasteiger partial charge in [-0.05, 0) is 52.1 Å². The Hall–Kier alpha value is -6.84. The maximum absolute atomic E-state index is 5.27. The summed E-state index contributed by atoms with van der Waals surface area (Å²) in [5.74, 6) is 1.36. The van der Waals surface area contributed by atoms with Crippen LogP contribution in [0.15, 0.2) is 188 Å². The molecule has 2 heterocycles. The van der Waals surface area contributed by atoms with E-state index in [2.05, 4.69) is 187 Å². The molecular formula is C51H35N3. The van der Waals surface area contributed by atoms with Gasteiger partial charge in [-0.15, -0.1) is 0 Å². The number of hydrogen-bond donors (Lipinski definition) is 0. The molecule has 2 atom stereocenters. The standard InChI is InChI=1S/C51H35N3/c1-3-12-33(13-4-1)35-16-11-17-40(29-35)49-46-32-41-30-38(25-27-43(41)50(46)53-51(52-49)34-14-5-2-6-15-34)36-22-23-39-31-42(26-24-37(39)28-36)54-47-20-9-7-18-44(47)45-19-8-10-21-48(45)54/h1-31,37,39H,32H2. The monoisotopic (exact) mass is 689 g/mol. The summed E-state index contributed by atoms with van der Waals surface area (Å²) in [6, 6.07) is 54.1. The number of benzene rings is 6. The summed E-state index contributed by atoms with van der Waals surface area (Å²) in [6.07, 6.45) is 15.1. The fraction of sp³-hybridized carbons (Fsp3) is 0.0588. The van der Waals surface area contributed by atoms with Crippen LogP contribution in [-0.4, -0.2) is 14.5 Å². The summed E-state index contributed by atoms with van der Waals surface area (Å²) in [5, 5.41) is 2.58. The maximum atomic E-state index is 5.27. The first-order valence-electron chi connectivity index (χ1n) is 18.8. The largest absolute Gasteiger partial charge is 0.310 e. The van der Waals surface area contributed by atoms with Crippen molar-refractivity contribution in [3.8, 4) is 45.0 Å². The van der Waals surface area contributed by atoms with Crippen molar-refractivity contribution in [3.63, 3.8) is 0 Å². The highest BCUT2D eigenvalue weighted by Crippen LogP contribution is 2.44. The number of allylic oxidation sites excluding steroid dienone is 8.